The van der Waals surface area contributed by atoms with Crippen molar-refractivity contribution in [2.24, 2.45) is 0 Å². The number of nitrogens with one attached hydrogen (secondary N) is 2. The molecule has 3 aromatic heterocycles. The predicted octanol–water partition coefficient (Wildman–Crippen LogP) is 2.96. The maximum atomic E-state index is 9.07. The number of aromatic nitrogens is 5. The molecule has 128 valence electrons. The quantitative estimate of drug-likeness (QED) is 0.521. The fourth-order valence-electron chi connectivity index (χ4n) is 3.10. The van der Waals surface area contributed by atoms with Crippen LogP contribution >= 0.6 is 0 Å². The predicted molar refractivity (Wildman–Crippen MR) is 98.6 cm³/mol. The van der Waals surface area contributed by atoms with Crippen molar-refractivity contribution in [2.75, 3.05) is 18.5 Å². The minimum absolute atomic E-state index is 0.0351. The summed E-state index contributed by atoms with van der Waals surface area (Å²) < 4.78 is 2.12. The van der Waals surface area contributed by atoms with Gasteiger partial charge in [0.15, 0.2) is 17.0 Å². The molecule has 4 aromatic rings. The highest BCUT2D eigenvalue weighted by atomic mass is 16.3. The van der Waals surface area contributed by atoms with Crippen molar-refractivity contribution in [3.63, 3.8) is 0 Å². The van der Waals surface area contributed by atoms with Crippen LogP contribution in [0.5, 0.6) is 0 Å². The molecular formula is C18H20N6O. The number of aliphatic hydroxyl groups excluding tert-OH is 1. The lowest BCUT2D eigenvalue weighted by molar-refractivity contribution is 0.311. The lowest BCUT2D eigenvalue weighted by Crippen LogP contribution is -2.08. The molecule has 4 rings (SSSR count). The second-order valence-electron chi connectivity index (χ2n) is 6.22. The zero-order chi connectivity index (χ0) is 17.4. The van der Waals surface area contributed by atoms with Gasteiger partial charge in [0.2, 0.25) is 0 Å². The molecule has 0 atom stereocenters. The third kappa shape index (κ3) is 2.62. The molecule has 0 saturated heterocycles. The van der Waals surface area contributed by atoms with Gasteiger partial charge in [-0.05, 0) is 38.1 Å². The van der Waals surface area contributed by atoms with E-state index in [1.54, 1.807) is 0 Å². The van der Waals surface area contributed by atoms with E-state index in [-0.39, 0.29) is 12.6 Å². The zero-order valence-corrected chi connectivity index (χ0v) is 14.2. The van der Waals surface area contributed by atoms with E-state index >= 15 is 0 Å². The first-order chi connectivity index (χ1) is 12.2. The number of imidazole rings is 1. The van der Waals surface area contributed by atoms with E-state index in [2.05, 4.69) is 62.9 Å². The van der Waals surface area contributed by atoms with Gasteiger partial charge in [0.1, 0.15) is 12.2 Å². The topological polar surface area (TPSA) is 91.7 Å². The maximum absolute atomic E-state index is 9.07. The molecule has 0 aliphatic rings. The average molecular weight is 336 g/mol. The normalized spacial score (nSPS) is 11.7. The fraction of sp³-hybridized carbons (Fsp3) is 0.278. The van der Waals surface area contributed by atoms with Crippen molar-refractivity contribution in [3.05, 3.63) is 36.8 Å². The van der Waals surface area contributed by atoms with Gasteiger partial charge < -0.3 is 20.0 Å². The summed E-state index contributed by atoms with van der Waals surface area (Å²) >= 11 is 0. The molecular weight excluding hydrogens is 316 g/mol. The molecule has 0 aliphatic heterocycles. The number of hydrogen-bond donors (Lipinski definition) is 3. The van der Waals surface area contributed by atoms with Gasteiger partial charge in [0.05, 0.1) is 6.61 Å². The first-order valence-corrected chi connectivity index (χ1v) is 8.34. The minimum atomic E-state index is 0.0351. The first-order valence-electron chi connectivity index (χ1n) is 8.34. The molecule has 3 heterocycles. The zero-order valence-electron chi connectivity index (χ0n) is 14.2. The fourth-order valence-corrected chi connectivity index (χ4v) is 3.10. The molecule has 0 fully saturated rings. The number of hydrogen-bond acceptors (Lipinski definition) is 5. The van der Waals surface area contributed by atoms with Gasteiger partial charge >= 0.3 is 0 Å². The van der Waals surface area contributed by atoms with Crippen LogP contribution in [0.3, 0.4) is 0 Å². The van der Waals surface area contributed by atoms with Crippen LogP contribution in [0, 0.1) is 0 Å². The van der Waals surface area contributed by atoms with E-state index in [0.29, 0.717) is 17.9 Å². The Balaban J connectivity index is 1.94. The van der Waals surface area contributed by atoms with Crippen molar-refractivity contribution >= 4 is 27.9 Å². The molecule has 0 unspecified atom stereocenters. The van der Waals surface area contributed by atoms with Crippen LogP contribution in [0.1, 0.15) is 19.9 Å². The Morgan fingerprint density at radius 3 is 2.92 bits per heavy atom. The Kier molecular flexibility index (Phi) is 3.85. The smallest absolute Gasteiger partial charge is 0.166 e. The summed E-state index contributed by atoms with van der Waals surface area (Å²) in [5, 5.41) is 13.3. The molecule has 0 saturated carbocycles. The summed E-state index contributed by atoms with van der Waals surface area (Å²) in [6.07, 6.45) is 3.46. The van der Waals surface area contributed by atoms with Crippen molar-refractivity contribution < 1.29 is 5.11 Å². The average Bonchev–Trinajstić information content (AvgIpc) is 3.23. The Bertz CT molecular complexity index is 1030. The highest BCUT2D eigenvalue weighted by Gasteiger charge is 2.19. The number of aliphatic hydroxyl groups is 1. The Hall–Kier alpha value is -2.93. The molecule has 1 aromatic carbocycles. The van der Waals surface area contributed by atoms with E-state index in [9.17, 15) is 0 Å². The van der Waals surface area contributed by atoms with Crippen LogP contribution in [0.2, 0.25) is 0 Å². The minimum Gasteiger partial charge on any atom is -0.395 e. The third-order valence-electron chi connectivity index (χ3n) is 4.21. The highest BCUT2D eigenvalue weighted by Crippen LogP contribution is 2.31. The second-order valence-corrected chi connectivity index (χ2v) is 6.22. The number of anilines is 1. The van der Waals surface area contributed by atoms with Gasteiger partial charge in [0, 0.05) is 35.2 Å². The third-order valence-corrected chi connectivity index (χ3v) is 4.21. The maximum Gasteiger partial charge on any atom is 0.166 e. The van der Waals surface area contributed by atoms with Gasteiger partial charge in [-0.15, -0.1) is 0 Å². The Morgan fingerprint density at radius 2 is 2.12 bits per heavy atom. The number of rotatable bonds is 5. The van der Waals surface area contributed by atoms with Crippen LogP contribution in [0.15, 0.2) is 36.8 Å². The second kappa shape index (κ2) is 6.18. The first kappa shape index (κ1) is 15.6. The molecule has 0 aliphatic carbocycles. The summed E-state index contributed by atoms with van der Waals surface area (Å²) in [6.45, 7) is 4.68. The monoisotopic (exact) mass is 336 g/mol. The molecule has 0 amide bonds. The van der Waals surface area contributed by atoms with Crippen LogP contribution in [0.25, 0.3) is 33.5 Å². The van der Waals surface area contributed by atoms with Crippen LogP contribution in [-0.2, 0) is 0 Å². The van der Waals surface area contributed by atoms with Crippen molar-refractivity contribution in [3.8, 4) is 11.4 Å². The number of benzene rings is 1. The lowest BCUT2D eigenvalue weighted by Gasteiger charge is -2.12. The molecule has 3 N–H and O–H groups in total. The lowest BCUT2D eigenvalue weighted by atomic mass is 10.1. The molecule has 0 radical (unpaired) electrons. The van der Waals surface area contributed by atoms with Crippen LogP contribution in [0.4, 0.5) is 5.82 Å². The van der Waals surface area contributed by atoms with Gasteiger partial charge in [0.25, 0.3) is 0 Å². The number of nitrogens with zero attached hydrogens (tertiary/aromatic N) is 4. The van der Waals surface area contributed by atoms with Crippen molar-refractivity contribution in [2.45, 2.75) is 19.9 Å². The van der Waals surface area contributed by atoms with E-state index < -0.39 is 0 Å². The van der Waals surface area contributed by atoms with Crippen LogP contribution < -0.4 is 5.32 Å². The Labute approximate surface area is 144 Å². The highest BCUT2D eigenvalue weighted by molar-refractivity contribution is 5.89. The Morgan fingerprint density at radius 1 is 1.24 bits per heavy atom. The van der Waals surface area contributed by atoms with Crippen molar-refractivity contribution in [1.82, 2.24) is 24.5 Å². The van der Waals surface area contributed by atoms with E-state index in [1.807, 2.05) is 6.20 Å². The summed E-state index contributed by atoms with van der Waals surface area (Å²) in [5.41, 5.74) is 3.64. The van der Waals surface area contributed by atoms with Gasteiger partial charge in [-0.3, -0.25) is 0 Å². The number of H-pyrrole nitrogens is 1. The molecule has 7 nitrogen and oxygen atoms in total. The number of fused-ring (bicyclic) bond motifs is 2. The van der Waals surface area contributed by atoms with Crippen LogP contribution in [-0.4, -0.2) is 42.8 Å². The summed E-state index contributed by atoms with van der Waals surface area (Å²) in [6, 6.07) is 8.50. The van der Waals surface area contributed by atoms with E-state index in [4.69, 9.17) is 10.1 Å². The summed E-state index contributed by atoms with van der Waals surface area (Å²) in [7, 11) is 0. The molecule has 0 spiro atoms. The van der Waals surface area contributed by atoms with E-state index in [0.717, 1.165) is 27.9 Å². The molecule has 25 heavy (non-hydrogen) atoms. The van der Waals surface area contributed by atoms with Gasteiger partial charge in [-0.1, -0.05) is 0 Å². The van der Waals surface area contributed by atoms with E-state index in [1.165, 1.54) is 6.33 Å². The molecule has 0 bridgehead atoms. The summed E-state index contributed by atoms with van der Waals surface area (Å²) in [4.78, 5) is 16.8. The molecule has 7 heteroatoms. The standard InChI is InChI=1S/C18H20N6O/c1-11(2)24-17(13-3-4-14-12(9-13)5-6-19-14)23-15-16(20-7-8-25)21-10-22-18(15)24/h3-6,9-11,19,25H,7-8H2,1-2H3,(H,20,21,22). The SMILES string of the molecule is CC(C)n1c(-c2ccc3[nH]ccc3c2)nc2c(NCCO)ncnc21. The van der Waals surface area contributed by atoms with Gasteiger partial charge in [-0.25, -0.2) is 15.0 Å². The van der Waals surface area contributed by atoms with Crippen molar-refractivity contribution in [1.29, 1.82) is 0 Å². The largest absolute Gasteiger partial charge is 0.395 e. The summed E-state index contributed by atoms with van der Waals surface area (Å²) in [5.74, 6) is 1.50. The number of aromatic amines is 1. The van der Waals surface area contributed by atoms with Gasteiger partial charge in [-0.2, -0.15) is 0 Å².